The van der Waals surface area contributed by atoms with Crippen LogP contribution in [0.25, 0.3) is 0 Å². The minimum Gasteiger partial charge on any atom is -0.399 e. The molecule has 1 aromatic rings. The molecule has 2 rings (SSSR count). The zero-order valence-electron chi connectivity index (χ0n) is 9.48. The Morgan fingerprint density at radius 3 is 3.19 bits per heavy atom. The minimum absolute atomic E-state index is 0.419. The highest BCUT2D eigenvalue weighted by Gasteiger charge is 2.12. The average molecular weight is 221 g/mol. The van der Waals surface area contributed by atoms with Gasteiger partial charge in [0, 0.05) is 31.1 Å². The van der Waals surface area contributed by atoms with Crippen LogP contribution in [0, 0.1) is 0 Å². The molecule has 1 saturated heterocycles. The van der Waals surface area contributed by atoms with E-state index in [1.807, 2.05) is 6.07 Å². The van der Waals surface area contributed by atoms with Gasteiger partial charge in [0.1, 0.15) is 5.82 Å². The van der Waals surface area contributed by atoms with Crippen LogP contribution in [-0.2, 0) is 4.74 Å². The SMILES string of the molecule is Nc1ccnc(NCCC2CCCCO2)c1. The van der Waals surface area contributed by atoms with Crippen molar-refractivity contribution in [3.05, 3.63) is 18.3 Å². The van der Waals surface area contributed by atoms with Crippen molar-refractivity contribution in [1.82, 2.24) is 4.98 Å². The first kappa shape index (κ1) is 11.2. The summed E-state index contributed by atoms with van der Waals surface area (Å²) >= 11 is 0. The summed E-state index contributed by atoms with van der Waals surface area (Å²) in [6.07, 6.45) is 6.86. The summed E-state index contributed by atoms with van der Waals surface area (Å²) in [4.78, 5) is 4.19. The van der Waals surface area contributed by atoms with Crippen molar-refractivity contribution in [2.24, 2.45) is 0 Å². The van der Waals surface area contributed by atoms with E-state index in [2.05, 4.69) is 10.3 Å². The van der Waals surface area contributed by atoms with Crippen molar-refractivity contribution in [3.8, 4) is 0 Å². The number of nitrogens with zero attached hydrogens (tertiary/aromatic N) is 1. The zero-order chi connectivity index (χ0) is 11.2. The fourth-order valence-electron chi connectivity index (χ4n) is 1.94. The fraction of sp³-hybridized carbons (Fsp3) is 0.583. The number of aromatic nitrogens is 1. The van der Waals surface area contributed by atoms with E-state index in [4.69, 9.17) is 10.5 Å². The standard InChI is InChI=1S/C12H19N3O/c13-10-4-6-14-12(9-10)15-7-5-11-3-1-2-8-16-11/h4,6,9,11H,1-3,5,7-8H2,(H3,13,14,15). The molecule has 1 aliphatic heterocycles. The average Bonchev–Trinajstić information content (AvgIpc) is 2.30. The molecular weight excluding hydrogens is 202 g/mol. The molecular formula is C12H19N3O. The van der Waals surface area contributed by atoms with E-state index in [0.29, 0.717) is 6.10 Å². The maximum absolute atomic E-state index is 5.67. The van der Waals surface area contributed by atoms with Crippen LogP contribution >= 0.6 is 0 Å². The van der Waals surface area contributed by atoms with Crippen LogP contribution in [0.3, 0.4) is 0 Å². The molecule has 0 aliphatic carbocycles. The zero-order valence-corrected chi connectivity index (χ0v) is 9.48. The Morgan fingerprint density at radius 2 is 2.44 bits per heavy atom. The second-order valence-corrected chi connectivity index (χ2v) is 4.18. The third-order valence-corrected chi connectivity index (χ3v) is 2.83. The van der Waals surface area contributed by atoms with Gasteiger partial charge in [0.15, 0.2) is 0 Å². The number of nitrogens with one attached hydrogen (secondary N) is 1. The summed E-state index contributed by atoms with van der Waals surface area (Å²) in [6, 6.07) is 3.64. The van der Waals surface area contributed by atoms with Crippen molar-refractivity contribution in [2.45, 2.75) is 31.8 Å². The lowest BCUT2D eigenvalue weighted by Crippen LogP contribution is -2.22. The van der Waals surface area contributed by atoms with E-state index in [9.17, 15) is 0 Å². The summed E-state index contributed by atoms with van der Waals surface area (Å²) < 4.78 is 5.65. The molecule has 1 atom stereocenters. The first-order chi connectivity index (χ1) is 7.84. The number of nitrogens with two attached hydrogens (primary N) is 1. The van der Waals surface area contributed by atoms with Gasteiger partial charge in [-0.2, -0.15) is 0 Å². The topological polar surface area (TPSA) is 60.2 Å². The summed E-state index contributed by atoms with van der Waals surface area (Å²) in [7, 11) is 0. The molecule has 0 spiro atoms. The third-order valence-electron chi connectivity index (χ3n) is 2.83. The van der Waals surface area contributed by atoms with Gasteiger partial charge in [0.05, 0.1) is 6.10 Å². The van der Waals surface area contributed by atoms with Crippen molar-refractivity contribution in [1.29, 1.82) is 0 Å². The van der Waals surface area contributed by atoms with Gasteiger partial charge in [-0.25, -0.2) is 4.98 Å². The molecule has 0 radical (unpaired) electrons. The van der Waals surface area contributed by atoms with E-state index in [0.717, 1.165) is 31.1 Å². The smallest absolute Gasteiger partial charge is 0.127 e. The van der Waals surface area contributed by atoms with E-state index in [-0.39, 0.29) is 0 Å². The Hall–Kier alpha value is -1.29. The van der Waals surface area contributed by atoms with Gasteiger partial charge < -0.3 is 15.8 Å². The largest absolute Gasteiger partial charge is 0.399 e. The highest BCUT2D eigenvalue weighted by Crippen LogP contribution is 2.16. The van der Waals surface area contributed by atoms with Gasteiger partial charge in [-0.15, -0.1) is 0 Å². The Balaban J connectivity index is 1.71. The number of hydrogen-bond acceptors (Lipinski definition) is 4. The lowest BCUT2D eigenvalue weighted by atomic mass is 10.1. The minimum atomic E-state index is 0.419. The number of nitrogen functional groups attached to an aromatic ring is 1. The molecule has 0 saturated carbocycles. The van der Waals surface area contributed by atoms with Crippen LogP contribution in [0.1, 0.15) is 25.7 Å². The van der Waals surface area contributed by atoms with Crippen LogP contribution in [0.5, 0.6) is 0 Å². The molecule has 1 aliphatic rings. The molecule has 4 nitrogen and oxygen atoms in total. The van der Waals surface area contributed by atoms with Crippen LogP contribution in [-0.4, -0.2) is 24.2 Å². The predicted octanol–water partition coefficient (Wildman–Crippen LogP) is 2.03. The second kappa shape index (κ2) is 5.70. The van der Waals surface area contributed by atoms with Crippen molar-refractivity contribution in [3.63, 3.8) is 0 Å². The molecule has 1 aromatic heterocycles. The molecule has 3 N–H and O–H groups in total. The molecule has 1 fully saturated rings. The molecule has 2 heterocycles. The number of ether oxygens (including phenoxy) is 1. The third kappa shape index (κ3) is 3.38. The van der Waals surface area contributed by atoms with Crippen molar-refractivity contribution < 1.29 is 4.74 Å². The Bertz CT molecular complexity index is 324. The first-order valence-electron chi connectivity index (χ1n) is 5.91. The number of anilines is 2. The number of pyridine rings is 1. The van der Waals surface area contributed by atoms with Crippen LogP contribution in [0.15, 0.2) is 18.3 Å². The highest BCUT2D eigenvalue weighted by atomic mass is 16.5. The maximum Gasteiger partial charge on any atom is 0.127 e. The Morgan fingerprint density at radius 1 is 1.50 bits per heavy atom. The molecule has 88 valence electrons. The maximum atomic E-state index is 5.67. The van der Waals surface area contributed by atoms with E-state index in [1.54, 1.807) is 12.3 Å². The van der Waals surface area contributed by atoms with Gasteiger partial charge in [-0.05, 0) is 31.7 Å². The summed E-state index contributed by atoms with van der Waals surface area (Å²) in [5.74, 6) is 0.843. The van der Waals surface area contributed by atoms with Crippen LogP contribution in [0.2, 0.25) is 0 Å². The summed E-state index contributed by atoms with van der Waals surface area (Å²) in [5.41, 5.74) is 6.41. The van der Waals surface area contributed by atoms with Gasteiger partial charge in [-0.3, -0.25) is 0 Å². The molecule has 4 heteroatoms. The quantitative estimate of drug-likeness (QED) is 0.816. The van der Waals surface area contributed by atoms with Gasteiger partial charge >= 0.3 is 0 Å². The Labute approximate surface area is 96.2 Å². The van der Waals surface area contributed by atoms with Gasteiger partial charge in [0.25, 0.3) is 0 Å². The highest BCUT2D eigenvalue weighted by molar-refractivity contribution is 5.48. The Kier molecular flexibility index (Phi) is 3.99. The molecule has 0 bridgehead atoms. The summed E-state index contributed by atoms with van der Waals surface area (Å²) in [6.45, 7) is 1.81. The van der Waals surface area contributed by atoms with Gasteiger partial charge in [0.2, 0.25) is 0 Å². The molecule has 1 unspecified atom stereocenters. The number of hydrogen-bond donors (Lipinski definition) is 2. The normalized spacial score (nSPS) is 20.6. The van der Waals surface area contributed by atoms with Crippen molar-refractivity contribution in [2.75, 3.05) is 24.2 Å². The lowest BCUT2D eigenvalue weighted by Gasteiger charge is -2.22. The van der Waals surface area contributed by atoms with E-state index >= 15 is 0 Å². The van der Waals surface area contributed by atoms with Crippen molar-refractivity contribution >= 4 is 11.5 Å². The van der Waals surface area contributed by atoms with E-state index in [1.165, 1.54) is 19.3 Å². The van der Waals surface area contributed by atoms with Crippen LogP contribution in [0.4, 0.5) is 11.5 Å². The monoisotopic (exact) mass is 221 g/mol. The fourth-order valence-corrected chi connectivity index (χ4v) is 1.94. The molecule has 0 amide bonds. The lowest BCUT2D eigenvalue weighted by molar-refractivity contribution is 0.0134. The second-order valence-electron chi connectivity index (χ2n) is 4.18. The molecule has 0 aromatic carbocycles. The van der Waals surface area contributed by atoms with E-state index < -0.39 is 0 Å². The number of rotatable bonds is 4. The summed E-state index contributed by atoms with van der Waals surface area (Å²) in [5, 5.41) is 3.26. The van der Waals surface area contributed by atoms with Crippen LogP contribution < -0.4 is 11.1 Å². The molecule has 16 heavy (non-hydrogen) atoms. The van der Waals surface area contributed by atoms with Gasteiger partial charge in [-0.1, -0.05) is 0 Å². The first-order valence-corrected chi connectivity index (χ1v) is 5.91. The predicted molar refractivity (Wildman–Crippen MR) is 65.3 cm³/mol.